The molecule has 11 heavy (non-hydrogen) atoms. The third-order valence-electron chi connectivity index (χ3n) is 1.29. The summed E-state index contributed by atoms with van der Waals surface area (Å²) in [7, 11) is 0. The van der Waals surface area contributed by atoms with Crippen molar-refractivity contribution in [2.45, 2.75) is 0 Å². The lowest BCUT2D eigenvalue weighted by molar-refractivity contribution is -0.127. The molecule has 0 radical (unpaired) electrons. The summed E-state index contributed by atoms with van der Waals surface area (Å²) in [5.41, 5.74) is 2.18. The monoisotopic (exact) mass is 151 g/mol. The zero-order valence-electron chi connectivity index (χ0n) is 5.53. The van der Waals surface area contributed by atoms with Gasteiger partial charge in [0.25, 0.3) is 5.91 Å². The average molecular weight is 151 g/mol. The van der Waals surface area contributed by atoms with Crippen LogP contribution in [0, 0.1) is 0 Å². The molecule has 0 aliphatic carbocycles. The van der Waals surface area contributed by atoms with Crippen LogP contribution in [0.2, 0.25) is 0 Å². The molecule has 0 saturated carbocycles. The van der Waals surface area contributed by atoms with E-state index in [2.05, 4.69) is 5.48 Å². The molecule has 56 valence electrons. The van der Waals surface area contributed by atoms with Gasteiger partial charge in [0, 0.05) is 0 Å². The van der Waals surface area contributed by atoms with E-state index in [0.717, 1.165) is 0 Å². The van der Waals surface area contributed by atoms with Crippen molar-refractivity contribution in [1.29, 1.82) is 0 Å². The first-order valence-corrected chi connectivity index (χ1v) is 3.08. The van der Waals surface area contributed by atoms with Crippen molar-refractivity contribution in [3.05, 3.63) is 36.0 Å². The summed E-state index contributed by atoms with van der Waals surface area (Å²) in [6.45, 7) is 0. The van der Waals surface area contributed by atoms with Gasteiger partial charge in [0.05, 0.1) is 12.3 Å². The van der Waals surface area contributed by atoms with Crippen LogP contribution in [0.1, 0.15) is 0 Å². The topological polar surface area (TPSA) is 47.6 Å². The van der Waals surface area contributed by atoms with Gasteiger partial charge in [0.2, 0.25) is 0 Å². The van der Waals surface area contributed by atoms with Crippen LogP contribution in [0.4, 0.5) is 0 Å². The lowest BCUT2D eigenvalue weighted by Gasteiger charge is -2.17. The lowest BCUT2D eigenvalue weighted by Crippen LogP contribution is -2.27. The summed E-state index contributed by atoms with van der Waals surface area (Å²) in [6, 6.07) is 0. The summed E-state index contributed by atoms with van der Waals surface area (Å²) in [5.74, 6) is 0.649. The Labute approximate surface area is 62.7 Å². The second kappa shape index (κ2) is 2.16. The molecule has 2 aliphatic rings. The van der Waals surface area contributed by atoms with Gasteiger partial charge < -0.3 is 9.57 Å². The number of amides is 1. The van der Waals surface area contributed by atoms with Gasteiger partial charge in [-0.3, -0.25) is 4.79 Å². The minimum Gasteiger partial charge on any atom is -0.461 e. The summed E-state index contributed by atoms with van der Waals surface area (Å²) in [5, 5.41) is 0. The van der Waals surface area contributed by atoms with Crippen molar-refractivity contribution in [1.82, 2.24) is 5.48 Å². The highest BCUT2D eigenvalue weighted by Gasteiger charge is 2.18. The standard InChI is InChI=1S/C7H5NO3/c9-7-4-6-5(11-8-7)2-1-3-10-6/h1-4H,(H,8,9). The van der Waals surface area contributed by atoms with Crippen molar-refractivity contribution in [3.8, 4) is 0 Å². The average Bonchev–Trinajstić information content (AvgIpc) is 2.04. The van der Waals surface area contributed by atoms with Gasteiger partial charge in [-0.15, -0.1) is 0 Å². The van der Waals surface area contributed by atoms with Crippen LogP contribution >= 0.6 is 0 Å². The van der Waals surface area contributed by atoms with E-state index in [1.807, 2.05) is 0 Å². The Hall–Kier alpha value is -1.71. The normalized spacial score (nSPS) is 20.2. The van der Waals surface area contributed by atoms with Gasteiger partial charge in [-0.2, -0.15) is 5.48 Å². The molecule has 0 aromatic rings. The van der Waals surface area contributed by atoms with Crippen LogP contribution in [0.3, 0.4) is 0 Å². The largest absolute Gasteiger partial charge is 0.461 e. The molecule has 4 nitrogen and oxygen atoms in total. The number of nitrogens with one attached hydrogen (secondary N) is 1. The molecule has 2 heterocycles. The van der Waals surface area contributed by atoms with E-state index in [1.165, 1.54) is 12.3 Å². The van der Waals surface area contributed by atoms with Crippen LogP contribution < -0.4 is 5.48 Å². The minimum absolute atomic E-state index is 0.313. The second-order valence-corrected chi connectivity index (χ2v) is 2.05. The van der Waals surface area contributed by atoms with Crippen molar-refractivity contribution in [2.75, 3.05) is 0 Å². The van der Waals surface area contributed by atoms with Gasteiger partial charge in [0.1, 0.15) is 0 Å². The third kappa shape index (κ3) is 0.980. The first kappa shape index (κ1) is 6.03. The maximum absolute atomic E-state index is 10.7. The maximum Gasteiger partial charge on any atom is 0.280 e. The van der Waals surface area contributed by atoms with Crippen molar-refractivity contribution in [3.63, 3.8) is 0 Å². The van der Waals surface area contributed by atoms with Gasteiger partial charge in [-0.25, -0.2) is 0 Å². The van der Waals surface area contributed by atoms with Crippen LogP contribution in [0.5, 0.6) is 0 Å². The Bertz CT molecular complexity index is 288. The zero-order valence-corrected chi connectivity index (χ0v) is 5.53. The SMILES string of the molecule is O=C1C=C2OC=CC=C2ON1. The molecule has 4 heteroatoms. The first-order chi connectivity index (χ1) is 5.36. The molecule has 0 unspecified atom stereocenters. The van der Waals surface area contributed by atoms with E-state index in [4.69, 9.17) is 9.57 Å². The molecular formula is C7H5NO3. The quantitative estimate of drug-likeness (QED) is 0.543. The van der Waals surface area contributed by atoms with Crippen molar-refractivity contribution >= 4 is 5.91 Å². The highest BCUT2D eigenvalue weighted by atomic mass is 16.7. The van der Waals surface area contributed by atoms with Crippen LogP contribution in [0.25, 0.3) is 0 Å². The predicted octanol–water partition coefficient (Wildman–Crippen LogP) is 0.359. The fraction of sp³-hybridized carbons (Fsp3) is 0. The second-order valence-electron chi connectivity index (χ2n) is 2.05. The number of allylic oxidation sites excluding steroid dienone is 2. The van der Waals surface area contributed by atoms with E-state index >= 15 is 0 Å². The molecule has 0 atom stereocenters. The molecule has 0 fully saturated rings. The van der Waals surface area contributed by atoms with Crippen LogP contribution in [-0.4, -0.2) is 5.91 Å². The number of rotatable bonds is 0. The summed E-state index contributed by atoms with van der Waals surface area (Å²) in [4.78, 5) is 15.5. The fourth-order valence-corrected chi connectivity index (χ4v) is 0.823. The Morgan fingerprint density at radius 2 is 2.27 bits per heavy atom. The van der Waals surface area contributed by atoms with E-state index < -0.39 is 0 Å². The van der Waals surface area contributed by atoms with Crippen LogP contribution in [0.15, 0.2) is 36.0 Å². The number of carbonyl (C=O) groups is 1. The number of ether oxygens (including phenoxy) is 1. The molecule has 0 saturated heterocycles. The lowest BCUT2D eigenvalue weighted by atomic mass is 10.3. The number of fused-ring (bicyclic) bond motifs is 1. The molecule has 2 rings (SSSR count). The summed E-state index contributed by atoms with van der Waals surface area (Å²) >= 11 is 0. The Kier molecular flexibility index (Phi) is 1.18. The number of hydroxylamine groups is 1. The van der Waals surface area contributed by atoms with E-state index in [9.17, 15) is 4.79 Å². The minimum atomic E-state index is -0.313. The summed E-state index contributed by atoms with van der Waals surface area (Å²) < 4.78 is 4.98. The highest BCUT2D eigenvalue weighted by Crippen LogP contribution is 2.19. The van der Waals surface area contributed by atoms with Gasteiger partial charge in [-0.05, 0) is 12.2 Å². The molecule has 0 aromatic heterocycles. The van der Waals surface area contributed by atoms with Gasteiger partial charge in [0.15, 0.2) is 11.5 Å². The Morgan fingerprint density at radius 3 is 3.18 bits per heavy atom. The summed E-state index contributed by atoms with van der Waals surface area (Å²) in [6.07, 6.45) is 6.20. The predicted molar refractivity (Wildman–Crippen MR) is 35.6 cm³/mol. The van der Waals surface area contributed by atoms with Gasteiger partial charge in [-0.1, -0.05) is 0 Å². The first-order valence-electron chi connectivity index (χ1n) is 3.08. The van der Waals surface area contributed by atoms with Crippen molar-refractivity contribution in [2.24, 2.45) is 0 Å². The molecule has 0 aromatic carbocycles. The molecule has 0 spiro atoms. The maximum atomic E-state index is 10.7. The third-order valence-corrected chi connectivity index (χ3v) is 1.29. The fourth-order valence-electron chi connectivity index (χ4n) is 0.823. The zero-order chi connectivity index (χ0) is 7.68. The van der Waals surface area contributed by atoms with E-state index in [0.29, 0.717) is 11.5 Å². The Morgan fingerprint density at radius 1 is 1.36 bits per heavy atom. The molecular weight excluding hydrogens is 146 g/mol. The van der Waals surface area contributed by atoms with Crippen molar-refractivity contribution < 1.29 is 14.4 Å². The molecule has 1 N–H and O–H groups in total. The smallest absolute Gasteiger partial charge is 0.280 e. The molecule has 0 bridgehead atoms. The highest BCUT2D eigenvalue weighted by molar-refractivity contribution is 5.88. The van der Waals surface area contributed by atoms with Crippen LogP contribution in [-0.2, 0) is 14.4 Å². The Balaban J connectivity index is 2.37. The molecule has 2 aliphatic heterocycles. The number of hydrogen-bond donors (Lipinski definition) is 1. The van der Waals surface area contributed by atoms with E-state index in [-0.39, 0.29) is 5.91 Å². The number of carbonyl (C=O) groups excluding carboxylic acids is 1. The number of hydrogen-bond acceptors (Lipinski definition) is 3. The molecule has 1 amide bonds. The van der Waals surface area contributed by atoms with E-state index in [1.54, 1.807) is 12.2 Å². The van der Waals surface area contributed by atoms with Gasteiger partial charge >= 0.3 is 0 Å².